The Bertz CT molecular complexity index is 534. The number of fused-ring (bicyclic) bond motifs is 1. The minimum Gasteiger partial charge on any atom is -0.507 e. The highest BCUT2D eigenvalue weighted by Gasteiger charge is 2.11. The lowest BCUT2D eigenvalue weighted by atomic mass is 10.0. The van der Waals surface area contributed by atoms with E-state index < -0.39 is 0 Å². The first kappa shape index (κ1) is 10.2. The fourth-order valence-corrected chi connectivity index (χ4v) is 1.60. The zero-order chi connectivity index (χ0) is 11.7. The van der Waals surface area contributed by atoms with Crippen molar-refractivity contribution in [2.24, 2.45) is 0 Å². The first-order valence-electron chi connectivity index (χ1n) is 4.57. The van der Waals surface area contributed by atoms with Gasteiger partial charge in [0.1, 0.15) is 11.5 Å². The third-order valence-electron chi connectivity index (χ3n) is 2.46. The minimum absolute atomic E-state index is 0.144. The number of aromatic hydroxyl groups is 2. The van der Waals surface area contributed by atoms with Crippen LogP contribution in [-0.4, -0.2) is 22.8 Å². The quantitative estimate of drug-likeness (QED) is 0.751. The van der Waals surface area contributed by atoms with Crippen molar-refractivity contribution >= 4 is 23.3 Å². The predicted octanol–water partition coefficient (Wildman–Crippen LogP) is 1.88. The highest BCUT2D eigenvalue weighted by Crippen LogP contribution is 2.34. The predicted molar refractivity (Wildman–Crippen MR) is 58.1 cm³/mol. The number of hydrogen-bond donors (Lipinski definition) is 2. The number of aldehydes is 2. The zero-order valence-electron chi connectivity index (χ0n) is 8.18. The average molecular weight is 216 g/mol. The molecule has 0 aliphatic rings. The summed E-state index contributed by atoms with van der Waals surface area (Å²) in [6.07, 6.45) is 1.05. The lowest BCUT2D eigenvalue weighted by molar-refractivity contribution is 0.111. The Labute approximate surface area is 90.8 Å². The van der Waals surface area contributed by atoms with E-state index in [1.165, 1.54) is 24.3 Å². The molecule has 0 saturated heterocycles. The lowest BCUT2D eigenvalue weighted by Crippen LogP contribution is -1.87. The third kappa shape index (κ3) is 1.32. The fourth-order valence-electron chi connectivity index (χ4n) is 1.60. The highest BCUT2D eigenvalue weighted by molar-refractivity contribution is 6.02. The molecular formula is C12H8O4. The van der Waals surface area contributed by atoms with Crippen molar-refractivity contribution in [2.45, 2.75) is 0 Å². The van der Waals surface area contributed by atoms with Crippen LogP contribution in [0, 0.1) is 0 Å². The monoisotopic (exact) mass is 216 g/mol. The van der Waals surface area contributed by atoms with Gasteiger partial charge in [-0.05, 0) is 24.3 Å². The van der Waals surface area contributed by atoms with E-state index in [0.717, 1.165) is 0 Å². The van der Waals surface area contributed by atoms with Crippen LogP contribution in [0.2, 0.25) is 0 Å². The van der Waals surface area contributed by atoms with Crippen molar-refractivity contribution in [3.05, 3.63) is 35.4 Å². The van der Waals surface area contributed by atoms with Crippen molar-refractivity contribution in [2.75, 3.05) is 0 Å². The largest absolute Gasteiger partial charge is 0.507 e. The van der Waals surface area contributed by atoms with Crippen LogP contribution in [0.4, 0.5) is 0 Å². The molecule has 0 fully saturated rings. The molecule has 0 amide bonds. The Morgan fingerprint density at radius 2 is 1.12 bits per heavy atom. The van der Waals surface area contributed by atoms with Crippen LogP contribution in [-0.2, 0) is 0 Å². The fraction of sp³-hybridized carbons (Fsp3) is 0. The molecule has 0 spiro atoms. The van der Waals surface area contributed by atoms with Crippen LogP contribution < -0.4 is 0 Å². The van der Waals surface area contributed by atoms with Gasteiger partial charge in [0.2, 0.25) is 0 Å². The molecule has 0 radical (unpaired) electrons. The number of carbonyl (C=O) groups is 2. The summed E-state index contributed by atoms with van der Waals surface area (Å²) >= 11 is 0. The number of rotatable bonds is 2. The summed E-state index contributed by atoms with van der Waals surface area (Å²) in [5.74, 6) is -0.388. The van der Waals surface area contributed by atoms with Gasteiger partial charge in [-0.25, -0.2) is 0 Å². The molecule has 0 unspecified atom stereocenters. The SMILES string of the molecule is O=Cc1ccc2c(O)c(C=O)ccc2c1O. The molecule has 4 heteroatoms. The van der Waals surface area contributed by atoms with Gasteiger partial charge in [0.15, 0.2) is 12.6 Å². The van der Waals surface area contributed by atoms with Gasteiger partial charge < -0.3 is 10.2 Å². The second-order valence-corrected chi connectivity index (χ2v) is 3.34. The van der Waals surface area contributed by atoms with E-state index in [0.29, 0.717) is 23.3 Å². The summed E-state index contributed by atoms with van der Waals surface area (Å²) in [5.41, 5.74) is 0.288. The zero-order valence-corrected chi connectivity index (χ0v) is 8.18. The van der Waals surface area contributed by atoms with E-state index in [-0.39, 0.29) is 22.6 Å². The molecule has 0 atom stereocenters. The molecule has 2 aromatic rings. The van der Waals surface area contributed by atoms with Crippen LogP contribution in [0.1, 0.15) is 20.7 Å². The lowest BCUT2D eigenvalue weighted by Gasteiger charge is -2.06. The van der Waals surface area contributed by atoms with Gasteiger partial charge >= 0.3 is 0 Å². The summed E-state index contributed by atoms with van der Waals surface area (Å²) in [4.78, 5) is 21.2. The van der Waals surface area contributed by atoms with Crippen LogP contribution >= 0.6 is 0 Å². The standard InChI is InChI=1S/C12H8O4/c13-5-7-1-3-9-10(11(7)15)4-2-8(6-14)12(9)16/h1-6,15-16H. The number of hydrogen-bond acceptors (Lipinski definition) is 4. The first-order valence-corrected chi connectivity index (χ1v) is 4.57. The van der Waals surface area contributed by atoms with Gasteiger partial charge in [0, 0.05) is 10.8 Å². The molecule has 4 nitrogen and oxygen atoms in total. The number of phenolic OH excluding ortho intramolecular Hbond substituents is 2. The number of carbonyl (C=O) groups excluding carboxylic acids is 2. The summed E-state index contributed by atoms with van der Waals surface area (Å²) in [7, 11) is 0. The van der Waals surface area contributed by atoms with Crippen LogP contribution in [0.25, 0.3) is 10.8 Å². The molecule has 0 aromatic heterocycles. The second kappa shape index (κ2) is 3.66. The molecule has 2 N–H and O–H groups in total. The maximum Gasteiger partial charge on any atom is 0.153 e. The molecule has 2 rings (SSSR count). The summed E-state index contributed by atoms with van der Waals surface area (Å²) in [6.45, 7) is 0. The second-order valence-electron chi connectivity index (χ2n) is 3.34. The Morgan fingerprint density at radius 1 is 0.750 bits per heavy atom. The number of benzene rings is 2. The summed E-state index contributed by atoms with van der Waals surface area (Å²) in [6, 6.07) is 5.75. The van der Waals surface area contributed by atoms with Crippen molar-refractivity contribution in [1.29, 1.82) is 0 Å². The minimum atomic E-state index is -0.194. The Morgan fingerprint density at radius 3 is 1.44 bits per heavy atom. The third-order valence-corrected chi connectivity index (χ3v) is 2.46. The van der Waals surface area contributed by atoms with Crippen molar-refractivity contribution < 1.29 is 19.8 Å². The molecule has 0 saturated carbocycles. The highest BCUT2D eigenvalue weighted by atomic mass is 16.3. The van der Waals surface area contributed by atoms with Crippen molar-refractivity contribution in [3.8, 4) is 11.5 Å². The summed E-state index contributed by atoms with van der Waals surface area (Å²) < 4.78 is 0. The molecule has 80 valence electrons. The molecule has 0 heterocycles. The first-order chi connectivity index (χ1) is 7.69. The maximum atomic E-state index is 10.6. The summed E-state index contributed by atoms with van der Waals surface area (Å²) in [5, 5.41) is 20.1. The van der Waals surface area contributed by atoms with Gasteiger partial charge in [-0.1, -0.05) is 0 Å². The van der Waals surface area contributed by atoms with Crippen LogP contribution in [0.3, 0.4) is 0 Å². The molecule has 0 aliphatic heterocycles. The van der Waals surface area contributed by atoms with E-state index in [1.807, 2.05) is 0 Å². The number of phenols is 2. The van der Waals surface area contributed by atoms with Crippen molar-refractivity contribution in [1.82, 2.24) is 0 Å². The van der Waals surface area contributed by atoms with Gasteiger partial charge in [-0.2, -0.15) is 0 Å². The van der Waals surface area contributed by atoms with Crippen molar-refractivity contribution in [3.63, 3.8) is 0 Å². The van der Waals surface area contributed by atoms with Gasteiger partial charge in [0.25, 0.3) is 0 Å². The van der Waals surface area contributed by atoms with E-state index >= 15 is 0 Å². The van der Waals surface area contributed by atoms with Crippen LogP contribution in [0.5, 0.6) is 11.5 Å². The van der Waals surface area contributed by atoms with E-state index in [9.17, 15) is 19.8 Å². The molecule has 16 heavy (non-hydrogen) atoms. The topological polar surface area (TPSA) is 74.6 Å². The van der Waals surface area contributed by atoms with E-state index in [1.54, 1.807) is 0 Å². The van der Waals surface area contributed by atoms with E-state index in [4.69, 9.17) is 0 Å². The van der Waals surface area contributed by atoms with E-state index in [2.05, 4.69) is 0 Å². The molecule has 0 aliphatic carbocycles. The smallest absolute Gasteiger partial charge is 0.153 e. The molecule has 0 bridgehead atoms. The van der Waals surface area contributed by atoms with Gasteiger partial charge in [0.05, 0.1) is 11.1 Å². The Hall–Kier alpha value is -2.36. The Kier molecular flexibility index (Phi) is 2.32. The Balaban J connectivity index is 2.88. The average Bonchev–Trinajstić information content (AvgIpc) is 2.31. The van der Waals surface area contributed by atoms with Gasteiger partial charge in [-0.3, -0.25) is 9.59 Å². The normalized spacial score (nSPS) is 10.2. The maximum absolute atomic E-state index is 10.6. The van der Waals surface area contributed by atoms with Gasteiger partial charge in [-0.15, -0.1) is 0 Å². The molecular weight excluding hydrogens is 208 g/mol. The molecule has 2 aromatic carbocycles. The van der Waals surface area contributed by atoms with Crippen LogP contribution in [0.15, 0.2) is 24.3 Å².